The molecule has 0 bridgehead atoms. The molecule has 2 aliphatic rings. The van der Waals surface area contributed by atoms with Crippen LogP contribution in [0.25, 0.3) is 0 Å². The van der Waals surface area contributed by atoms with Gasteiger partial charge in [-0.1, -0.05) is 24.6 Å². The molecule has 1 N–H and O–H groups in total. The molecule has 8 heteroatoms. The van der Waals surface area contributed by atoms with Crippen molar-refractivity contribution in [2.24, 2.45) is 5.92 Å². The molecule has 0 aliphatic carbocycles. The van der Waals surface area contributed by atoms with Gasteiger partial charge in [0.25, 0.3) is 11.8 Å². The van der Waals surface area contributed by atoms with Gasteiger partial charge in [0.05, 0.1) is 11.2 Å². The molecular weight excluding hydrogens is 436 g/mol. The topological polar surface area (TPSA) is 82.6 Å². The van der Waals surface area contributed by atoms with Crippen LogP contribution in [0, 0.1) is 26.7 Å². The van der Waals surface area contributed by atoms with Gasteiger partial charge in [-0.3, -0.25) is 14.5 Å². The largest absolute Gasteiger partial charge is 0.339 e. The lowest BCUT2D eigenvalue weighted by atomic mass is 9.75. The summed E-state index contributed by atoms with van der Waals surface area (Å²) in [4.78, 5) is 47.9. The zero-order chi connectivity index (χ0) is 23.8. The molecule has 0 spiro atoms. The number of piperidine rings is 1. The summed E-state index contributed by atoms with van der Waals surface area (Å²) >= 11 is 1.55. The first-order valence-electron chi connectivity index (χ1n) is 11.7. The molecule has 2 aliphatic heterocycles. The maximum Gasteiger partial charge on any atom is 0.325 e. The number of aromatic nitrogens is 1. The minimum atomic E-state index is -0.880. The summed E-state index contributed by atoms with van der Waals surface area (Å²) in [7, 11) is 0. The molecule has 0 saturated carbocycles. The van der Waals surface area contributed by atoms with Gasteiger partial charge < -0.3 is 10.2 Å². The fraction of sp³-hybridized carbons (Fsp3) is 0.520. The van der Waals surface area contributed by atoms with E-state index in [0.29, 0.717) is 45.3 Å². The highest BCUT2D eigenvalue weighted by atomic mass is 32.1. The molecule has 1 aromatic carbocycles. The average molecular weight is 469 g/mol. The van der Waals surface area contributed by atoms with Gasteiger partial charge in [0.1, 0.15) is 5.54 Å². The SMILES string of the molecule is CCC1(C2CCN(C(=O)c3ccc(C)cc3C)CC2)NC(=O)N(CCc2scnc2C)C1=O. The molecule has 7 nitrogen and oxygen atoms in total. The average Bonchev–Trinajstić information content (AvgIpc) is 3.32. The van der Waals surface area contributed by atoms with Crippen molar-refractivity contribution in [3.63, 3.8) is 0 Å². The van der Waals surface area contributed by atoms with Crippen molar-refractivity contribution in [2.75, 3.05) is 19.6 Å². The predicted octanol–water partition coefficient (Wildman–Crippen LogP) is 3.86. The van der Waals surface area contributed by atoms with E-state index in [0.717, 1.165) is 27.3 Å². The Morgan fingerprint density at radius 2 is 1.94 bits per heavy atom. The number of aryl methyl sites for hydroxylation is 3. The van der Waals surface area contributed by atoms with Gasteiger partial charge >= 0.3 is 6.03 Å². The zero-order valence-electron chi connectivity index (χ0n) is 19.8. The van der Waals surface area contributed by atoms with Gasteiger partial charge in [0, 0.05) is 36.5 Å². The molecular formula is C25H32N4O3S. The summed E-state index contributed by atoms with van der Waals surface area (Å²) in [6.45, 7) is 9.42. The lowest BCUT2D eigenvalue weighted by Crippen LogP contribution is -2.56. The number of urea groups is 1. The third-order valence-electron chi connectivity index (χ3n) is 7.26. The second-order valence-corrected chi connectivity index (χ2v) is 10.1. The summed E-state index contributed by atoms with van der Waals surface area (Å²) in [6, 6.07) is 5.59. The van der Waals surface area contributed by atoms with Gasteiger partial charge in [-0.05, 0) is 57.6 Å². The Morgan fingerprint density at radius 1 is 1.21 bits per heavy atom. The lowest BCUT2D eigenvalue weighted by Gasteiger charge is -2.40. The summed E-state index contributed by atoms with van der Waals surface area (Å²) < 4.78 is 0. The highest BCUT2D eigenvalue weighted by Crippen LogP contribution is 2.36. The van der Waals surface area contributed by atoms with E-state index in [-0.39, 0.29) is 23.8 Å². The van der Waals surface area contributed by atoms with Gasteiger partial charge in [-0.25, -0.2) is 9.78 Å². The number of imide groups is 1. The zero-order valence-corrected chi connectivity index (χ0v) is 20.6. The fourth-order valence-corrected chi connectivity index (χ4v) is 6.00. The van der Waals surface area contributed by atoms with E-state index in [4.69, 9.17) is 0 Å². The molecule has 1 unspecified atom stereocenters. The number of likely N-dealkylation sites (tertiary alicyclic amines) is 1. The molecule has 3 heterocycles. The van der Waals surface area contributed by atoms with Gasteiger partial charge in [0.2, 0.25) is 0 Å². The fourth-order valence-electron chi connectivity index (χ4n) is 5.23. The number of carbonyl (C=O) groups excluding carboxylic acids is 3. The Labute approximate surface area is 199 Å². The number of amides is 4. The maximum absolute atomic E-state index is 13.5. The van der Waals surface area contributed by atoms with Crippen LogP contribution >= 0.6 is 11.3 Å². The molecule has 1 atom stereocenters. The van der Waals surface area contributed by atoms with Crippen LogP contribution in [0.1, 0.15) is 58.2 Å². The van der Waals surface area contributed by atoms with Crippen molar-refractivity contribution < 1.29 is 14.4 Å². The lowest BCUT2D eigenvalue weighted by molar-refractivity contribution is -0.134. The number of rotatable bonds is 6. The number of nitrogens with zero attached hydrogens (tertiary/aromatic N) is 3. The van der Waals surface area contributed by atoms with Crippen LogP contribution in [0.4, 0.5) is 4.79 Å². The van der Waals surface area contributed by atoms with Crippen molar-refractivity contribution >= 4 is 29.2 Å². The first-order chi connectivity index (χ1) is 15.8. The second-order valence-electron chi connectivity index (χ2n) is 9.21. The van der Waals surface area contributed by atoms with Crippen molar-refractivity contribution in [1.82, 2.24) is 20.1 Å². The van der Waals surface area contributed by atoms with Crippen LogP contribution in [0.15, 0.2) is 23.7 Å². The van der Waals surface area contributed by atoms with Crippen LogP contribution in [-0.4, -0.2) is 57.8 Å². The number of carbonyl (C=O) groups is 3. The van der Waals surface area contributed by atoms with E-state index in [9.17, 15) is 14.4 Å². The highest BCUT2D eigenvalue weighted by molar-refractivity contribution is 7.09. The Morgan fingerprint density at radius 3 is 2.55 bits per heavy atom. The quantitative estimate of drug-likeness (QED) is 0.653. The third kappa shape index (κ3) is 4.28. The van der Waals surface area contributed by atoms with E-state index in [2.05, 4.69) is 10.3 Å². The van der Waals surface area contributed by atoms with E-state index >= 15 is 0 Å². The number of benzene rings is 1. The van der Waals surface area contributed by atoms with Crippen molar-refractivity contribution in [1.29, 1.82) is 0 Å². The van der Waals surface area contributed by atoms with Gasteiger partial charge in [0.15, 0.2) is 0 Å². The molecule has 0 radical (unpaired) electrons. The van der Waals surface area contributed by atoms with E-state index in [1.54, 1.807) is 16.8 Å². The van der Waals surface area contributed by atoms with Crippen LogP contribution < -0.4 is 5.32 Å². The Hall–Kier alpha value is -2.74. The number of hydrogen-bond donors (Lipinski definition) is 1. The molecule has 2 aromatic rings. The normalized spacial score (nSPS) is 21.6. The van der Waals surface area contributed by atoms with E-state index < -0.39 is 5.54 Å². The first-order valence-corrected chi connectivity index (χ1v) is 12.5. The molecule has 2 fully saturated rings. The predicted molar refractivity (Wildman–Crippen MR) is 128 cm³/mol. The smallest absolute Gasteiger partial charge is 0.325 e. The van der Waals surface area contributed by atoms with Gasteiger partial charge in [-0.2, -0.15) is 0 Å². The van der Waals surface area contributed by atoms with Crippen molar-refractivity contribution in [3.8, 4) is 0 Å². The Kier molecular flexibility index (Phi) is 6.56. The third-order valence-corrected chi connectivity index (χ3v) is 8.25. The van der Waals surface area contributed by atoms with E-state index in [1.165, 1.54) is 4.90 Å². The monoisotopic (exact) mass is 468 g/mol. The molecule has 4 amide bonds. The number of nitrogens with one attached hydrogen (secondary N) is 1. The highest BCUT2D eigenvalue weighted by Gasteiger charge is 2.54. The Balaban J connectivity index is 1.43. The van der Waals surface area contributed by atoms with Gasteiger partial charge in [-0.15, -0.1) is 11.3 Å². The number of hydrogen-bond acceptors (Lipinski definition) is 5. The standard InChI is InChI=1S/C25H32N4O3S/c1-5-25(23(31)29(24(32)27-25)13-10-21-18(4)26-15-33-21)19-8-11-28(12-9-19)22(30)20-7-6-16(2)14-17(20)3/h6-7,14-15,19H,5,8-13H2,1-4H3,(H,27,32). The van der Waals surface area contributed by atoms with Crippen LogP contribution in [0.3, 0.4) is 0 Å². The first kappa shape index (κ1) is 23.4. The molecule has 33 heavy (non-hydrogen) atoms. The molecule has 176 valence electrons. The molecule has 4 rings (SSSR count). The van der Waals surface area contributed by atoms with Crippen LogP contribution in [0.5, 0.6) is 0 Å². The second kappa shape index (κ2) is 9.25. The van der Waals surface area contributed by atoms with E-state index in [1.807, 2.05) is 50.8 Å². The maximum atomic E-state index is 13.5. The summed E-state index contributed by atoms with van der Waals surface area (Å²) in [5.74, 6) is -0.0755. The summed E-state index contributed by atoms with van der Waals surface area (Å²) in [5, 5.41) is 3.04. The van der Waals surface area contributed by atoms with Crippen LogP contribution in [0.2, 0.25) is 0 Å². The summed E-state index contributed by atoms with van der Waals surface area (Å²) in [5.41, 5.74) is 4.72. The minimum Gasteiger partial charge on any atom is -0.339 e. The van der Waals surface area contributed by atoms with Crippen LogP contribution in [-0.2, 0) is 11.2 Å². The van der Waals surface area contributed by atoms with Crippen molar-refractivity contribution in [2.45, 2.75) is 58.9 Å². The molecule has 1 aromatic heterocycles. The van der Waals surface area contributed by atoms with Crippen molar-refractivity contribution in [3.05, 3.63) is 51.0 Å². The molecule has 2 saturated heterocycles. The number of thiazole rings is 1. The Bertz CT molecular complexity index is 1070. The summed E-state index contributed by atoms with van der Waals surface area (Å²) in [6.07, 6.45) is 2.55. The minimum absolute atomic E-state index is 0.0113.